The van der Waals surface area contributed by atoms with Crippen LogP contribution in [0.3, 0.4) is 0 Å². The summed E-state index contributed by atoms with van der Waals surface area (Å²) >= 11 is 0. The van der Waals surface area contributed by atoms with Gasteiger partial charge in [0.05, 0.1) is 5.70 Å². The van der Waals surface area contributed by atoms with Crippen LogP contribution in [0.15, 0.2) is 0 Å². The normalized spacial score (nSPS) is 32.4. The highest BCUT2D eigenvalue weighted by Gasteiger charge is 1.99. The molecule has 0 unspecified atom stereocenters. The molecule has 0 aromatic heterocycles. The molecule has 0 aromatic carbocycles. The molecule has 0 aliphatic heterocycles. The van der Waals surface area contributed by atoms with Crippen LogP contribution in [0.1, 0.15) is 22.8 Å². The summed E-state index contributed by atoms with van der Waals surface area (Å²) in [5.74, 6) is 0. The molecule has 0 fully saturated rings. The lowest BCUT2D eigenvalue weighted by Gasteiger charge is -1.84. The molecule has 0 radical (unpaired) electrons. The largest absolute Gasteiger partial charge is 0.232 e. The summed E-state index contributed by atoms with van der Waals surface area (Å²) in [5, 5.41) is 0. The van der Waals surface area contributed by atoms with Gasteiger partial charge in [-0.3, -0.25) is 0 Å². The monoisotopic (exact) mass is 149 g/mol. The summed E-state index contributed by atoms with van der Waals surface area (Å²) in [7, 11) is -0.350. The van der Waals surface area contributed by atoms with E-state index in [2.05, 4.69) is 10.7 Å². The third kappa shape index (κ3) is 6.24. The lowest BCUT2D eigenvalue weighted by molar-refractivity contribution is 0.608. The first-order chi connectivity index (χ1) is 5.75. The minimum atomic E-state index is -4.97. The van der Waals surface area contributed by atoms with Crippen LogP contribution < -0.4 is 0 Å². The molecule has 0 bridgehead atoms. The molecule has 4 heteroatoms. The molecule has 2 nitrogen and oxygen atoms in total. The first-order valence-electron chi connectivity index (χ1n) is 4.69. The molecule has 0 N–H and O–H groups in total. The van der Waals surface area contributed by atoms with Gasteiger partial charge in [-0.1, -0.05) is 6.85 Å². The van der Waals surface area contributed by atoms with Crippen molar-refractivity contribution in [3.63, 3.8) is 0 Å². The van der Waals surface area contributed by atoms with Crippen molar-refractivity contribution in [2.24, 2.45) is 0 Å². The van der Waals surface area contributed by atoms with Crippen molar-refractivity contribution < 1.29 is 18.0 Å². The predicted octanol–water partition coefficient (Wildman–Crippen LogP) is 0.965. The van der Waals surface area contributed by atoms with Crippen LogP contribution in [0.25, 0.3) is 0 Å². The Balaban J connectivity index is 5.54. The fourth-order valence-electron chi connectivity index (χ4n) is 0.0610. The third-order valence-corrected chi connectivity index (χ3v) is 0.750. The molecule has 0 atom stereocenters. The molecule has 0 heterocycles. The second-order valence-electron chi connectivity index (χ2n) is 0.665. The topological polar surface area (TPSA) is 34.1 Å². The zero-order chi connectivity index (χ0) is 12.0. The van der Waals surface area contributed by atoms with E-state index in [-0.39, 0.29) is 0 Å². The summed E-state index contributed by atoms with van der Waals surface area (Å²) in [4.78, 5) is 0. The van der Waals surface area contributed by atoms with E-state index >= 15 is 0 Å². The van der Waals surface area contributed by atoms with Gasteiger partial charge in [0, 0.05) is 20.3 Å². The summed E-state index contributed by atoms with van der Waals surface area (Å²) in [6.07, 6.45) is -3.57. The summed E-state index contributed by atoms with van der Waals surface area (Å²) in [6.45, 7) is -3.42. The van der Waals surface area contributed by atoms with E-state index in [1.807, 2.05) is 0 Å². The van der Waals surface area contributed by atoms with Crippen molar-refractivity contribution in [2.75, 3.05) is 5.70 Å². The Labute approximate surface area is 57.7 Å². The van der Waals surface area contributed by atoms with Crippen molar-refractivity contribution in [2.45, 2.75) is 13.2 Å². The Morgan fingerprint density at radius 2 is 2.57 bits per heavy atom. The Morgan fingerprint density at radius 1 is 2.00 bits per heavy atom. The molecular weight excluding hydrogens is 136 g/mol. The molecule has 0 amide bonds. The highest BCUT2D eigenvalue weighted by molar-refractivity contribution is 8.13. The summed E-state index contributed by atoms with van der Waals surface area (Å²) in [6, 6.07) is 0. The molecular formula is C3H7ClO2S. The van der Waals surface area contributed by atoms with Gasteiger partial charge < -0.3 is 0 Å². The molecule has 0 aliphatic carbocycles. The van der Waals surface area contributed by atoms with E-state index in [0.717, 1.165) is 0 Å². The highest BCUT2D eigenvalue weighted by Crippen LogP contribution is 1.96. The molecule has 0 aromatic rings. The fraction of sp³-hybridized carbons (Fsp3) is 1.00. The summed E-state index contributed by atoms with van der Waals surface area (Å²) < 4.78 is 68.8. The average Bonchev–Trinajstić information content (AvgIpc) is 1.81. The Hall–Kier alpha value is 0.240. The molecule has 7 heavy (non-hydrogen) atoms. The van der Waals surface area contributed by atoms with Crippen LogP contribution >= 0.6 is 10.7 Å². The van der Waals surface area contributed by atoms with Crippen molar-refractivity contribution in [1.82, 2.24) is 0 Å². The maximum Gasteiger partial charge on any atom is 0.232 e. The van der Waals surface area contributed by atoms with Crippen LogP contribution in [0.5, 0.6) is 0 Å². The van der Waals surface area contributed by atoms with Crippen LogP contribution in [-0.4, -0.2) is 14.1 Å². The van der Waals surface area contributed by atoms with Crippen LogP contribution in [0.4, 0.5) is 0 Å². The number of hydrogen-bond acceptors (Lipinski definition) is 2. The van der Waals surface area contributed by atoms with Gasteiger partial charge >= 0.3 is 0 Å². The van der Waals surface area contributed by atoms with Gasteiger partial charge in [-0.25, -0.2) is 8.42 Å². The summed E-state index contributed by atoms with van der Waals surface area (Å²) in [5.41, 5.74) is -3.67. The van der Waals surface area contributed by atoms with Gasteiger partial charge in [-0.15, -0.1) is 0 Å². The first kappa shape index (κ1) is 1.61. The quantitative estimate of drug-likeness (QED) is 0.549. The van der Waals surface area contributed by atoms with Crippen molar-refractivity contribution in [3.05, 3.63) is 0 Å². The Bertz CT molecular complexity index is 316. The molecule has 0 saturated heterocycles. The molecule has 0 rings (SSSR count). The number of rotatable bonds is 2. The predicted molar refractivity (Wildman–Crippen MR) is 29.9 cm³/mol. The number of hydrogen-bond donors (Lipinski definition) is 0. The minimum Gasteiger partial charge on any atom is -0.212 e. The number of halogens is 1. The van der Waals surface area contributed by atoms with Crippen molar-refractivity contribution >= 4 is 19.7 Å². The molecule has 0 spiro atoms. The van der Waals surface area contributed by atoms with E-state index in [1.165, 1.54) is 0 Å². The maximum atomic E-state index is 10.6. The van der Waals surface area contributed by atoms with Crippen LogP contribution in [0, 0.1) is 0 Å². The van der Waals surface area contributed by atoms with Crippen LogP contribution in [0.2, 0.25) is 0 Å². The lowest BCUT2D eigenvalue weighted by atomic mass is 10.6. The first-order valence-corrected chi connectivity index (χ1v) is 3.50. The average molecular weight is 150 g/mol. The van der Waals surface area contributed by atoms with Crippen LogP contribution in [-0.2, 0) is 9.05 Å². The van der Waals surface area contributed by atoms with Gasteiger partial charge in [0.2, 0.25) is 9.05 Å². The zero-order valence-corrected chi connectivity index (χ0v) is 4.68. The Kier molecular flexibility index (Phi) is 0.580. The van der Waals surface area contributed by atoms with E-state index in [9.17, 15) is 8.42 Å². The highest BCUT2D eigenvalue weighted by atomic mass is 35.7. The molecule has 0 aliphatic rings. The van der Waals surface area contributed by atoms with E-state index in [1.54, 1.807) is 0 Å². The van der Waals surface area contributed by atoms with E-state index in [0.29, 0.717) is 0 Å². The van der Waals surface area contributed by atoms with Gasteiger partial charge in [0.1, 0.15) is 0 Å². The zero-order valence-electron chi connectivity index (χ0n) is 10.1. The molecule has 0 saturated carbocycles. The lowest BCUT2D eigenvalue weighted by Crippen LogP contribution is -1.93. The minimum absolute atomic E-state index is 3.42. The van der Waals surface area contributed by atoms with Crippen molar-refractivity contribution in [3.8, 4) is 0 Å². The second-order valence-corrected chi connectivity index (χ2v) is 2.96. The SMILES string of the molecule is [2H]C([2H])([2H])C([2H])([2H])C([2H])([2H])S(=O)(=O)Cl. The standard InChI is InChI=1S/C3H7ClO2S/c1-2-3-7(4,5)6/h2-3H2,1H3/i1D3,2D2,3D2. The Morgan fingerprint density at radius 3 is 2.71 bits per heavy atom. The van der Waals surface area contributed by atoms with Gasteiger partial charge in [0.25, 0.3) is 0 Å². The van der Waals surface area contributed by atoms with Gasteiger partial charge in [-0.05, 0) is 6.37 Å². The van der Waals surface area contributed by atoms with Gasteiger partial charge in [0.15, 0.2) is 0 Å². The smallest absolute Gasteiger partial charge is 0.212 e. The van der Waals surface area contributed by atoms with E-state index < -0.39 is 28.0 Å². The maximum absolute atomic E-state index is 10.6. The van der Waals surface area contributed by atoms with Gasteiger partial charge in [-0.2, -0.15) is 0 Å². The molecule has 44 valence electrons. The third-order valence-electron chi connectivity index (χ3n) is 0.173. The van der Waals surface area contributed by atoms with Crippen molar-refractivity contribution in [1.29, 1.82) is 0 Å². The van der Waals surface area contributed by atoms with E-state index in [4.69, 9.17) is 9.60 Å². The fourth-order valence-corrected chi connectivity index (χ4v) is 0.299. The second kappa shape index (κ2) is 2.52.